The first-order valence-electron chi connectivity index (χ1n) is 7.53. The molecule has 2 atom stereocenters. The van der Waals surface area contributed by atoms with Crippen LogP contribution in [0.1, 0.15) is 42.4 Å². The van der Waals surface area contributed by atoms with Crippen molar-refractivity contribution in [3.63, 3.8) is 0 Å². The van der Waals surface area contributed by atoms with Crippen molar-refractivity contribution >= 4 is 5.97 Å². The Hall–Kier alpha value is -2.29. The van der Waals surface area contributed by atoms with E-state index in [1.807, 2.05) is 55.5 Å². The summed E-state index contributed by atoms with van der Waals surface area (Å²) in [5.41, 5.74) is 2.87. The molecule has 0 aromatic heterocycles. The number of carbonyl (C=O) groups is 1. The van der Waals surface area contributed by atoms with E-state index < -0.39 is 11.9 Å². The van der Waals surface area contributed by atoms with E-state index in [9.17, 15) is 9.90 Å². The number of benzene rings is 2. The number of ether oxygens (including phenoxy) is 1. The standard InChI is InChI=1S/C19H22O3/c1-4-14-10-11-17(22-3)16(12-14)18(19(20)21)13(2)15-8-6-5-7-9-15/h5-13,18H,4H2,1-3H3,(H,20,21). The minimum atomic E-state index is -0.831. The zero-order chi connectivity index (χ0) is 16.1. The van der Waals surface area contributed by atoms with Crippen LogP contribution in [0.5, 0.6) is 5.75 Å². The van der Waals surface area contributed by atoms with Crippen LogP contribution in [0.25, 0.3) is 0 Å². The van der Waals surface area contributed by atoms with Gasteiger partial charge in [0.1, 0.15) is 5.75 Å². The van der Waals surface area contributed by atoms with Crippen LogP contribution in [0, 0.1) is 0 Å². The Balaban J connectivity index is 2.50. The van der Waals surface area contributed by atoms with E-state index in [1.165, 1.54) is 0 Å². The van der Waals surface area contributed by atoms with Crippen molar-refractivity contribution in [3.05, 3.63) is 65.2 Å². The van der Waals surface area contributed by atoms with E-state index in [1.54, 1.807) is 7.11 Å². The van der Waals surface area contributed by atoms with Crippen LogP contribution < -0.4 is 4.74 Å². The van der Waals surface area contributed by atoms with E-state index in [-0.39, 0.29) is 5.92 Å². The molecule has 0 fully saturated rings. The first-order valence-corrected chi connectivity index (χ1v) is 7.53. The molecule has 3 heteroatoms. The van der Waals surface area contributed by atoms with Gasteiger partial charge in [-0.3, -0.25) is 4.79 Å². The number of carboxylic acid groups (broad SMARTS) is 1. The Morgan fingerprint density at radius 3 is 2.41 bits per heavy atom. The van der Waals surface area contributed by atoms with Gasteiger partial charge in [-0.25, -0.2) is 0 Å². The predicted molar refractivity (Wildman–Crippen MR) is 87.6 cm³/mol. The molecule has 2 rings (SSSR count). The number of methoxy groups -OCH3 is 1. The minimum absolute atomic E-state index is 0.139. The molecule has 0 radical (unpaired) electrons. The molecule has 0 heterocycles. The van der Waals surface area contributed by atoms with Gasteiger partial charge in [-0.15, -0.1) is 0 Å². The van der Waals surface area contributed by atoms with Gasteiger partial charge in [-0.2, -0.15) is 0 Å². The molecule has 2 aromatic rings. The summed E-state index contributed by atoms with van der Waals surface area (Å²) in [5.74, 6) is -0.973. The first kappa shape index (κ1) is 16.1. The second-order valence-electron chi connectivity index (χ2n) is 5.45. The number of rotatable bonds is 6. The molecular formula is C19H22O3. The highest BCUT2D eigenvalue weighted by atomic mass is 16.5. The smallest absolute Gasteiger partial charge is 0.311 e. The maximum absolute atomic E-state index is 11.9. The highest BCUT2D eigenvalue weighted by Crippen LogP contribution is 2.38. The van der Waals surface area contributed by atoms with Crippen LogP contribution in [0.3, 0.4) is 0 Å². The molecule has 0 aliphatic rings. The highest BCUT2D eigenvalue weighted by Gasteiger charge is 2.30. The summed E-state index contributed by atoms with van der Waals surface area (Å²) in [6.45, 7) is 4.01. The van der Waals surface area contributed by atoms with Crippen molar-refractivity contribution in [3.8, 4) is 5.75 Å². The van der Waals surface area contributed by atoms with Crippen LogP contribution in [0.2, 0.25) is 0 Å². The predicted octanol–water partition coefficient (Wildman–Crippen LogP) is 4.23. The van der Waals surface area contributed by atoms with E-state index in [2.05, 4.69) is 6.92 Å². The lowest BCUT2D eigenvalue weighted by atomic mass is 9.81. The molecule has 2 aromatic carbocycles. The third kappa shape index (κ3) is 3.30. The second-order valence-corrected chi connectivity index (χ2v) is 5.45. The Morgan fingerprint density at radius 2 is 1.86 bits per heavy atom. The Kier molecular flexibility index (Phi) is 5.21. The Morgan fingerprint density at radius 1 is 1.18 bits per heavy atom. The van der Waals surface area contributed by atoms with Crippen molar-refractivity contribution in [2.45, 2.75) is 32.1 Å². The zero-order valence-electron chi connectivity index (χ0n) is 13.2. The summed E-state index contributed by atoms with van der Waals surface area (Å²) in [4.78, 5) is 11.9. The second kappa shape index (κ2) is 7.12. The van der Waals surface area contributed by atoms with E-state index in [4.69, 9.17) is 4.74 Å². The number of aliphatic carboxylic acids is 1. The fourth-order valence-electron chi connectivity index (χ4n) is 2.81. The third-order valence-corrected chi connectivity index (χ3v) is 4.13. The molecule has 0 saturated carbocycles. The lowest BCUT2D eigenvalue weighted by Crippen LogP contribution is -2.19. The van der Waals surface area contributed by atoms with Crippen LogP contribution in [-0.4, -0.2) is 18.2 Å². The van der Waals surface area contributed by atoms with Crippen LogP contribution in [0.4, 0.5) is 0 Å². The lowest BCUT2D eigenvalue weighted by molar-refractivity contribution is -0.139. The summed E-state index contributed by atoms with van der Waals surface area (Å²) in [7, 11) is 1.58. The average molecular weight is 298 g/mol. The molecule has 1 N–H and O–H groups in total. The average Bonchev–Trinajstić information content (AvgIpc) is 2.55. The summed E-state index contributed by atoms with van der Waals surface area (Å²) >= 11 is 0. The molecule has 2 unspecified atom stereocenters. The Bertz CT molecular complexity index is 634. The normalized spacial score (nSPS) is 13.4. The summed E-state index contributed by atoms with van der Waals surface area (Å²) < 4.78 is 5.40. The van der Waals surface area contributed by atoms with Crippen molar-refractivity contribution in [2.24, 2.45) is 0 Å². The van der Waals surface area contributed by atoms with Gasteiger partial charge in [-0.05, 0) is 29.5 Å². The van der Waals surface area contributed by atoms with Crippen molar-refractivity contribution in [1.82, 2.24) is 0 Å². The molecule has 0 bridgehead atoms. The van der Waals surface area contributed by atoms with Gasteiger partial charge in [0.05, 0.1) is 13.0 Å². The van der Waals surface area contributed by atoms with Crippen molar-refractivity contribution < 1.29 is 14.6 Å². The quantitative estimate of drug-likeness (QED) is 0.868. The summed E-state index contributed by atoms with van der Waals surface area (Å²) in [6.07, 6.45) is 0.864. The molecule has 0 saturated heterocycles. The Labute approximate surface area is 131 Å². The minimum Gasteiger partial charge on any atom is -0.496 e. The molecule has 0 aliphatic heterocycles. The van der Waals surface area contributed by atoms with Gasteiger partial charge in [0.15, 0.2) is 0 Å². The lowest BCUT2D eigenvalue weighted by Gasteiger charge is -2.23. The van der Waals surface area contributed by atoms with Gasteiger partial charge in [0.25, 0.3) is 0 Å². The molecule has 116 valence electrons. The third-order valence-electron chi connectivity index (χ3n) is 4.13. The SMILES string of the molecule is CCc1ccc(OC)c(C(C(=O)O)C(C)c2ccccc2)c1. The zero-order valence-corrected chi connectivity index (χ0v) is 13.2. The fraction of sp³-hybridized carbons (Fsp3) is 0.316. The van der Waals surface area contributed by atoms with Crippen molar-refractivity contribution in [2.75, 3.05) is 7.11 Å². The van der Waals surface area contributed by atoms with Gasteiger partial charge < -0.3 is 9.84 Å². The number of carboxylic acids is 1. The fourth-order valence-corrected chi connectivity index (χ4v) is 2.81. The molecule has 3 nitrogen and oxygen atoms in total. The highest BCUT2D eigenvalue weighted by molar-refractivity contribution is 5.79. The van der Waals surface area contributed by atoms with Gasteiger partial charge in [-0.1, -0.05) is 56.3 Å². The number of hydrogen-bond donors (Lipinski definition) is 1. The molecule has 0 amide bonds. The van der Waals surface area contributed by atoms with E-state index in [0.717, 1.165) is 23.1 Å². The maximum Gasteiger partial charge on any atom is 0.311 e. The largest absolute Gasteiger partial charge is 0.496 e. The van der Waals surface area contributed by atoms with Gasteiger partial charge >= 0.3 is 5.97 Å². The molecule has 22 heavy (non-hydrogen) atoms. The van der Waals surface area contributed by atoms with E-state index in [0.29, 0.717) is 5.75 Å². The molecule has 0 spiro atoms. The van der Waals surface area contributed by atoms with Gasteiger partial charge in [0.2, 0.25) is 0 Å². The van der Waals surface area contributed by atoms with Crippen LogP contribution in [-0.2, 0) is 11.2 Å². The summed E-state index contributed by atoms with van der Waals surface area (Å²) in [6, 6.07) is 15.5. The first-order chi connectivity index (χ1) is 10.6. The number of aryl methyl sites for hydroxylation is 1. The topological polar surface area (TPSA) is 46.5 Å². The van der Waals surface area contributed by atoms with Gasteiger partial charge in [0, 0.05) is 5.56 Å². The summed E-state index contributed by atoms with van der Waals surface area (Å²) in [5, 5.41) is 9.79. The van der Waals surface area contributed by atoms with Crippen LogP contribution in [0.15, 0.2) is 48.5 Å². The van der Waals surface area contributed by atoms with Crippen molar-refractivity contribution in [1.29, 1.82) is 0 Å². The molecule has 0 aliphatic carbocycles. The monoisotopic (exact) mass is 298 g/mol. The van der Waals surface area contributed by atoms with E-state index >= 15 is 0 Å². The van der Waals surface area contributed by atoms with Crippen LogP contribution >= 0.6 is 0 Å². The molecular weight excluding hydrogens is 276 g/mol. The maximum atomic E-state index is 11.9. The number of hydrogen-bond acceptors (Lipinski definition) is 2.